The summed E-state index contributed by atoms with van der Waals surface area (Å²) in [6.07, 6.45) is 3.51. The van der Waals surface area contributed by atoms with Crippen LogP contribution in [0.5, 0.6) is 0 Å². The van der Waals surface area contributed by atoms with Crippen molar-refractivity contribution in [3.8, 4) is 11.8 Å². The summed E-state index contributed by atoms with van der Waals surface area (Å²) < 4.78 is 1.68. The molecular formula is C13H10ClN5. The predicted octanol–water partition coefficient (Wildman–Crippen LogP) is 3.28. The second-order valence-corrected chi connectivity index (χ2v) is 4.21. The summed E-state index contributed by atoms with van der Waals surface area (Å²) >= 11 is 6.08. The molecule has 5 nitrogen and oxygen atoms in total. The minimum atomic E-state index is 0.188. The van der Waals surface area contributed by atoms with Crippen LogP contribution in [0.4, 0.5) is 0 Å². The van der Waals surface area contributed by atoms with Crippen molar-refractivity contribution in [2.75, 3.05) is 0 Å². The monoisotopic (exact) mass is 271 g/mol. The number of aryl methyl sites for hydroxylation is 1. The summed E-state index contributed by atoms with van der Waals surface area (Å²) in [7, 11) is 1.83. The number of nitrogens with zero attached hydrogens (tertiary/aromatic N) is 5. The van der Waals surface area contributed by atoms with E-state index in [0.29, 0.717) is 5.02 Å². The van der Waals surface area contributed by atoms with Crippen molar-refractivity contribution in [3.05, 3.63) is 62.7 Å². The zero-order chi connectivity index (χ0) is 13.7. The van der Waals surface area contributed by atoms with Gasteiger partial charge in [-0.25, -0.2) is 0 Å². The van der Waals surface area contributed by atoms with E-state index in [2.05, 4.69) is 27.0 Å². The van der Waals surface area contributed by atoms with Crippen LogP contribution in [0.25, 0.3) is 10.4 Å². The number of azide groups is 1. The molecule has 0 fully saturated rings. The Labute approximate surface area is 115 Å². The van der Waals surface area contributed by atoms with E-state index >= 15 is 0 Å². The number of halogens is 1. The molecule has 1 heterocycles. The number of hydrogen-bond donors (Lipinski definition) is 0. The molecule has 1 aromatic carbocycles. The third-order valence-corrected chi connectivity index (χ3v) is 2.81. The van der Waals surface area contributed by atoms with Crippen LogP contribution in [0.1, 0.15) is 16.7 Å². The molecular weight excluding hydrogens is 262 g/mol. The smallest absolute Gasteiger partial charge is 0.0646 e. The molecule has 2 rings (SSSR count). The van der Waals surface area contributed by atoms with Crippen LogP contribution >= 0.6 is 11.6 Å². The van der Waals surface area contributed by atoms with E-state index in [4.69, 9.17) is 17.1 Å². The first kappa shape index (κ1) is 13.0. The maximum Gasteiger partial charge on any atom is 0.0646 e. The maximum absolute atomic E-state index is 8.39. The molecule has 0 aliphatic carbocycles. The fourth-order valence-electron chi connectivity index (χ4n) is 1.56. The molecule has 0 aliphatic rings. The van der Waals surface area contributed by atoms with Gasteiger partial charge in [0.1, 0.15) is 0 Å². The van der Waals surface area contributed by atoms with Gasteiger partial charge in [-0.15, -0.1) is 0 Å². The van der Waals surface area contributed by atoms with Gasteiger partial charge in [-0.3, -0.25) is 4.68 Å². The van der Waals surface area contributed by atoms with Crippen LogP contribution in [0.2, 0.25) is 5.02 Å². The molecule has 94 valence electrons. The van der Waals surface area contributed by atoms with Gasteiger partial charge in [0.05, 0.1) is 18.3 Å². The van der Waals surface area contributed by atoms with Crippen molar-refractivity contribution in [2.24, 2.45) is 12.2 Å². The van der Waals surface area contributed by atoms with Crippen molar-refractivity contribution in [2.45, 2.75) is 6.54 Å². The van der Waals surface area contributed by atoms with Gasteiger partial charge < -0.3 is 0 Å². The Bertz CT molecular complexity index is 701. The molecule has 0 amide bonds. The Hall–Kier alpha value is -2.41. The number of aromatic nitrogens is 2. The van der Waals surface area contributed by atoms with Crippen molar-refractivity contribution in [1.29, 1.82) is 0 Å². The lowest BCUT2D eigenvalue weighted by molar-refractivity contribution is 0.767. The topological polar surface area (TPSA) is 66.6 Å². The third kappa shape index (κ3) is 3.29. The van der Waals surface area contributed by atoms with Gasteiger partial charge in [0.2, 0.25) is 0 Å². The minimum absolute atomic E-state index is 0.188. The lowest BCUT2D eigenvalue weighted by Crippen LogP contribution is -1.89. The Morgan fingerprint density at radius 1 is 1.47 bits per heavy atom. The summed E-state index contributed by atoms with van der Waals surface area (Å²) in [5.41, 5.74) is 10.7. The molecule has 2 aromatic rings. The number of benzene rings is 1. The molecule has 0 atom stereocenters. The van der Waals surface area contributed by atoms with Gasteiger partial charge in [-0.2, -0.15) is 5.10 Å². The number of rotatable bonds is 2. The Morgan fingerprint density at radius 2 is 2.32 bits per heavy atom. The normalized spacial score (nSPS) is 9.37. The standard InChI is InChI=1S/C13H10ClN5/c1-19-9-10(7-17-19)5-6-11-3-2-4-13(14)12(11)8-16-18-15/h2-4,7,9H,8H2,1H3. The van der Waals surface area contributed by atoms with Gasteiger partial charge >= 0.3 is 0 Å². The van der Waals surface area contributed by atoms with E-state index in [1.54, 1.807) is 16.9 Å². The first-order valence-corrected chi connectivity index (χ1v) is 5.87. The quantitative estimate of drug-likeness (QED) is 0.358. The fourth-order valence-corrected chi connectivity index (χ4v) is 1.80. The van der Waals surface area contributed by atoms with Gasteiger partial charge in [-0.1, -0.05) is 34.6 Å². The highest BCUT2D eigenvalue weighted by atomic mass is 35.5. The highest BCUT2D eigenvalue weighted by Crippen LogP contribution is 2.20. The first-order valence-electron chi connectivity index (χ1n) is 5.49. The molecule has 6 heteroatoms. The molecule has 19 heavy (non-hydrogen) atoms. The molecule has 1 aromatic heterocycles. The zero-order valence-corrected chi connectivity index (χ0v) is 11.0. The summed E-state index contributed by atoms with van der Waals surface area (Å²) in [5.74, 6) is 6.02. The van der Waals surface area contributed by atoms with Crippen LogP contribution in [-0.2, 0) is 13.6 Å². The second-order valence-electron chi connectivity index (χ2n) is 3.81. The van der Waals surface area contributed by atoms with E-state index in [-0.39, 0.29) is 6.54 Å². The van der Waals surface area contributed by atoms with Crippen LogP contribution in [0, 0.1) is 11.8 Å². The second kappa shape index (κ2) is 5.96. The van der Waals surface area contributed by atoms with Crippen LogP contribution < -0.4 is 0 Å². The summed E-state index contributed by atoms with van der Waals surface area (Å²) in [6.45, 7) is 0.188. The summed E-state index contributed by atoms with van der Waals surface area (Å²) in [5, 5.41) is 8.12. The first-order chi connectivity index (χ1) is 9.20. The van der Waals surface area contributed by atoms with Gasteiger partial charge in [0.15, 0.2) is 0 Å². The molecule has 0 aliphatic heterocycles. The minimum Gasteiger partial charge on any atom is -0.275 e. The Morgan fingerprint density at radius 3 is 3.00 bits per heavy atom. The predicted molar refractivity (Wildman–Crippen MR) is 73.5 cm³/mol. The Kier molecular flexibility index (Phi) is 4.09. The maximum atomic E-state index is 8.39. The van der Waals surface area contributed by atoms with E-state index in [1.165, 1.54) is 0 Å². The highest BCUT2D eigenvalue weighted by molar-refractivity contribution is 6.31. The molecule has 0 unspecified atom stereocenters. The van der Waals surface area contributed by atoms with Crippen LogP contribution in [0.3, 0.4) is 0 Å². The molecule has 0 radical (unpaired) electrons. The van der Waals surface area contributed by atoms with E-state index in [9.17, 15) is 0 Å². The van der Waals surface area contributed by atoms with Crippen molar-refractivity contribution >= 4 is 11.6 Å². The van der Waals surface area contributed by atoms with Gasteiger partial charge in [-0.05, 0) is 23.2 Å². The Balaban J connectivity index is 2.37. The average Bonchev–Trinajstić information content (AvgIpc) is 2.81. The van der Waals surface area contributed by atoms with Crippen LogP contribution in [-0.4, -0.2) is 9.78 Å². The highest BCUT2D eigenvalue weighted by Gasteiger charge is 2.03. The summed E-state index contributed by atoms with van der Waals surface area (Å²) in [4.78, 5) is 2.74. The molecule has 0 bridgehead atoms. The van der Waals surface area contributed by atoms with E-state index in [0.717, 1.165) is 16.7 Å². The van der Waals surface area contributed by atoms with Crippen molar-refractivity contribution < 1.29 is 0 Å². The summed E-state index contributed by atoms with van der Waals surface area (Å²) in [6, 6.07) is 5.41. The van der Waals surface area contributed by atoms with E-state index < -0.39 is 0 Å². The van der Waals surface area contributed by atoms with Crippen LogP contribution in [0.15, 0.2) is 35.7 Å². The SMILES string of the molecule is Cn1cc(C#Cc2cccc(Cl)c2CN=[N+]=[N-])cn1. The molecule has 0 spiro atoms. The van der Waals surface area contributed by atoms with Crippen molar-refractivity contribution in [3.63, 3.8) is 0 Å². The average molecular weight is 272 g/mol. The third-order valence-electron chi connectivity index (χ3n) is 2.46. The van der Waals surface area contributed by atoms with Crippen molar-refractivity contribution in [1.82, 2.24) is 9.78 Å². The lowest BCUT2D eigenvalue weighted by Gasteiger charge is -2.02. The fraction of sp³-hybridized carbons (Fsp3) is 0.154. The molecule has 0 N–H and O–H groups in total. The largest absolute Gasteiger partial charge is 0.275 e. The zero-order valence-electron chi connectivity index (χ0n) is 10.2. The lowest BCUT2D eigenvalue weighted by atomic mass is 10.1. The van der Waals surface area contributed by atoms with Gasteiger partial charge in [0.25, 0.3) is 0 Å². The number of hydrogen-bond acceptors (Lipinski definition) is 2. The molecule has 0 saturated carbocycles. The van der Waals surface area contributed by atoms with Gasteiger partial charge in [0, 0.05) is 28.7 Å². The molecule has 0 saturated heterocycles. The van der Waals surface area contributed by atoms with E-state index in [1.807, 2.05) is 25.4 Å².